The molecular formula is C15H14Cl2N2OS. The summed E-state index contributed by atoms with van der Waals surface area (Å²) in [6.45, 7) is 0. The van der Waals surface area contributed by atoms with Crippen molar-refractivity contribution in [2.45, 2.75) is 10.4 Å². The SMILES string of the molecule is NC(=O)C(N)(CSc1ccc(Cl)c(Cl)c1)c1ccccc1. The summed E-state index contributed by atoms with van der Waals surface area (Å²) in [7, 11) is 0. The highest BCUT2D eigenvalue weighted by molar-refractivity contribution is 7.99. The molecule has 6 heteroatoms. The number of hydrogen-bond donors (Lipinski definition) is 2. The lowest BCUT2D eigenvalue weighted by molar-refractivity contribution is -0.122. The van der Waals surface area contributed by atoms with Crippen LogP contribution < -0.4 is 11.5 Å². The van der Waals surface area contributed by atoms with Crippen LogP contribution in [-0.2, 0) is 10.3 Å². The van der Waals surface area contributed by atoms with Crippen molar-refractivity contribution in [2.24, 2.45) is 11.5 Å². The second-order valence-electron chi connectivity index (χ2n) is 4.57. The third-order valence-electron chi connectivity index (χ3n) is 3.09. The van der Waals surface area contributed by atoms with Gasteiger partial charge in [-0.05, 0) is 23.8 Å². The smallest absolute Gasteiger partial charge is 0.243 e. The molecule has 1 amide bonds. The van der Waals surface area contributed by atoms with Gasteiger partial charge in [0.25, 0.3) is 0 Å². The van der Waals surface area contributed by atoms with Crippen LogP contribution in [0.5, 0.6) is 0 Å². The van der Waals surface area contributed by atoms with Crippen molar-refractivity contribution >= 4 is 40.9 Å². The van der Waals surface area contributed by atoms with E-state index in [1.807, 2.05) is 24.3 Å². The highest BCUT2D eigenvalue weighted by Gasteiger charge is 2.34. The fourth-order valence-corrected chi connectivity index (χ4v) is 3.23. The van der Waals surface area contributed by atoms with Crippen LogP contribution in [0.1, 0.15) is 5.56 Å². The van der Waals surface area contributed by atoms with Crippen molar-refractivity contribution in [2.75, 3.05) is 5.75 Å². The van der Waals surface area contributed by atoms with Crippen LogP contribution in [0.4, 0.5) is 0 Å². The zero-order valence-corrected chi connectivity index (χ0v) is 13.4. The number of primary amides is 1. The second kappa shape index (κ2) is 6.71. The van der Waals surface area contributed by atoms with Gasteiger partial charge in [0.1, 0.15) is 5.54 Å². The molecule has 0 aliphatic rings. The normalized spacial score (nSPS) is 13.7. The highest BCUT2D eigenvalue weighted by Crippen LogP contribution is 2.31. The summed E-state index contributed by atoms with van der Waals surface area (Å²) >= 11 is 13.3. The lowest BCUT2D eigenvalue weighted by Crippen LogP contribution is -2.51. The van der Waals surface area contributed by atoms with E-state index in [9.17, 15) is 4.79 Å². The highest BCUT2D eigenvalue weighted by atomic mass is 35.5. The maximum Gasteiger partial charge on any atom is 0.243 e. The van der Waals surface area contributed by atoms with Gasteiger partial charge in [-0.1, -0.05) is 53.5 Å². The number of thioether (sulfide) groups is 1. The maximum absolute atomic E-state index is 11.8. The average molecular weight is 341 g/mol. The van der Waals surface area contributed by atoms with Crippen LogP contribution in [0, 0.1) is 0 Å². The Morgan fingerprint density at radius 2 is 1.76 bits per heavy atom. The molecule has 0 heterocycles. The number of hydrogen-bond acceptors (Lipinski definition) is 3. The molecule has 2 aromatic carbocycles. The molecule has 21 heavy (non-hydrogen) atoms. The lowest BCUT2D eigenvalue weighted by Gasteiger charge is -2.26. The Bertz CT molecular complexity index is 651. The zero-order chi connectivity index (χ0) is 15.5. The van der Waals surface area contributed by atoms with E-state index in [2.05, 4.69) is 0 Å². The van der Waals surface area contributed by atoms with Crippen molar-refractivity contribution in [3.8, 4) is 0 Å². The van der Waals surface area contributed by atoms with E-state index in [4.69, 9.17) is 34.7 Å². The molecule has 3 nitrogen and oxygen atoms in total. The van der Waals surface area contributed by atoms with Gasteiger partial charge in [0, 0.05) is 10.6 Å². The van der Waals surface area contributed by atoms with Crippen LogP contribution >= 0.6 is 35.0 Å². The van der Waals surface area contributed by atoms with Gasteiger partial charge in [-0.3, -0.25) is 4.79 Å². The number of nitrogens with two attached hydrogens (primary N) is 2. The van der Waals surface area contributed by atoms with Gasteiger partial charge in [0.15, 0.2) is 0 Å². The van der Waals surface area contributed by atoms with Gasteiger partial charge in [0.2, 0.25) is 5.91 Å². The summed E-state index contributed by atoms with van der Waals surface area (Å²) in [6, 6.07) is 14.4. The summed E-state index contributed by atoms with van der Waals surface area (Å²) in [4.78, 5) is 12.7. The van der Waals surface area contributed by atoms with Crippen molar-refractivity contribution in [3.05, 3.63) is 64.1 Å². The molecule has 2 rings (SSSR count). The van der Waals surface area contributed by atoms with Crippen LogP contribution in [0.3, 0.4) is 0 Å². The first-order valence-electron chi connectivity index (χ1n) is 6.15. The van der Waals surface area contributed by atoms with E-state index < -0.39 is 11.4 Å². The number of carbonyl (C=O) groups excluding carboxylic acids is 1. The molecule has 0 aromatic heterocycles. The number of benzene rings is 2. The molecule has 0 saturated heterocycles. The fraction of sp³-hybridized carbons (Fsp3) is 0.133. The summed E-state index contributed by atoms with van der Waals surface area (Å²) in [5, 5.41) is 0.945. The standard InChI is InChI=1S/C15H14Cl2N2OS/c16-12-7-6-11(8-13(12)17)21-9-15(19,14(18)20)10-4-2-1-3-5-10/h1-8H,9,19H2,(H2,18,20). The first-order valence-corrected chi connectivity index (χ1v) is 7.90. The van der Waals surface area contributed by atoms with E-state index >= 15 is 0 Å². The van der Waals surface area contributed by atoms with Gasteiger partial charge in [0.05, 0.1) is 10.0 Å². The van der Waals surface area contributed by atoms with Crippen molar-refractivity contribution < 1.29 is 4.79 Å². The zero-order valence-electron chi connectivity index (χ0n) is 11.1. The number of amides is 1. The quantitative estimate of drug-likeness (QED) is 0.819. The molecule has 0 fully saturated rings. The monoisotopic (exact) mass is 340 g/mol. The maximum atomic E-state index is 11.8. The van der Waals surface area contributed by atoms with Gasteiger partial charge < -0.3 is 11.5 Å². The Hall–Kier alpha value is -1.20. The van der Waals surface area contributed by atoms with Crippen LogP contribution in [0.15, 0.2) is 53.4 Å². The van der Waals surface area contributed by atoms with Crippen LogP contribution in [0.25, 0.3) is 0 Å². The Morgan fingerprint density at radius 3 is 2.33 bits per heavy atom. The van der Waals surface area contributed by atoms with Gasteiger partial charge >= 0.3 is 0 Å². The summed E-state index contributed by atoms with van der Waals surface area (Å²) < 4.78 is 0. The van der Waals surface area contributed by atoms with Crippen LogP contribution in [-0.4, -0.2) is 11.7 Å². The topological polar surface area (TPSA) is 69.1 Å². The average Bonchev–Trinajstić information content (AvgIpc) is 2.49. The number of rotatable bonds is 5. The van der Waals surface area contributed by atoms with Gasteiger partial charge in [-0.15, -0.1) is 11.8 Å². The molecule has 0 aliphatic heterocycles. The molecule has 1 unspecified atom stereocenters. The molecule has 2 aromatic rings. The molecule has 0 spiro atoms. The molecule has 0 radical (unpaired) electrons. The minimum Gasteiger partial charge on any atom is -0.368 e. The second-order valence-corrected chi connectivity index (χ2v) is 6.43. The minimum absolute atomic E-state index is 0.310. The van der Waals surface area contributed by atoms with E-state index in [1.165, 1.54) is 11.8 Å². The van der Waals surface area contributed by atoms with Gasteiger partial charge in [-0.25, -0.2) is 0 Å². The summed E-state index contributed by atoms with van der Waals surface area (Å²) in [5.41, 5.74) is 11.2. The molecule has 4 N–H and O–H groups in total. The Kier molecular flexibility index (Phi) is 5.17. The molecule has 1 atom stereocenters. The molecule has 0 saturated carbocycles. The Balaban J connectivity index is 2.21. The third-order valence-corrected chi connectivity index (χ3v) is 5.01. The number of halogens is 2. The molecule has 0 aliphatic carbocycles. The number of carbonyl (C=O) groups is 1. The first kappa shape index (κ1) is 16.2. The largest absolute Gasteiger partial charge is 0.368 e. The molecular weight excluding hydrogens is 327 g/mol. The molecule has 110 valence electrons. The van der Waals surface area contributed by atoms with Crippen LogP contribution in [0.2, 0.25) is 10.0 Å². The first-order chi connectivity index (χ1) is 9.93. The lowest BCUT2D eigenvalue weighted by atomic mass is 9.92. The molecule has 0 bridgehead atoms. The van der Waals surface area contributed by atoms with Gasteiger partial charge in [-0.2, -0.15) is 0 Å². The van der Waals surface area contributed by atoms with E-state index in [0.29, 0.717) is 21.4 Å². The fourth-order valence-electron chi connectivity index (χ4n) is 1.80. The Morgan fingerprint density at radius 1 is 1.10 bits per heavy atom. The van der Waals surface area contributed by atoms with E-state index in [1.54, 1.807) is 24.3 Å². The predicted octanol–water partition coefficient (Wildman–Crippen LogP) is 3.43. The van der Waals surface area contributed by atoms with Crippen molar-refractivity contribution in [1.82, 2.24) is 0 Å². The third kappa shape index (κ3) is 3.71. The summed E-state index contributed by atoms with van der Waals surface area (Å²) in [5.74, 6) is -0.258. The Labute approximate surface area is 137 Å². The minimum atomic E-state index is -1.24. The predicted molar refractivity (Wildman–Crippen MR) is 88.7 cm³/mol. The van der Waals surface area contributed by atoms with E-state index in [-0.39, 0.29) is 0 Å². The van der Waals surface area contributed by atoms with Crippen molar-refractivity contribution in [3.63, 3.8) is 0 Å². The van der Waals surface area contributed by atoms with E-state index in [0.717, 1.165) is 4.90 Å². The van der Waals surface area contributed by atoms with Crippen molar-refractivity contribution in [1.29, 1.82) is 0 Å². The summed E-state index contributed by atoms with van der Waals surface area (Å²) in [6.07, 6.45) is 0.